The Labute approximate surface area is 120 Å². The Kier molecular flexibility index (Phi) is 2.74. The summed E-state index contributed by atoms with van der Waals surface area (Å²) in [6.45, 7) is 0. The Morgan fingerprint density at radius 2 is 2.05 bits per heavy atom. The number of nitrogens with zero attached hydrogens (tertiary/aromatic N) is 4. The number of tetrazole rings is 1. The standard InChI is InChI=1S/C14H13N5S/c1-2-5-10(6-3-1)12-9-11(13-7-4-8-20-13)15-14-16-17-18-19(12)14/h1-8,11-12H,9H2,(H,15,16,18)/t11-,12-/m0/s1. The molecule has 0 amide bonds. The van der Waals surface area contributed by atoms with E-state index in [2.05, 4.69) is 62.6 Å². The molecule has 100 valence electrons. The number of anilines is 1. The van der Waals surface area contributed by atoms with Crippen molar-refractivity contribution in [2.75, 3.05) is 5.32 Å². The van der Waals surface area contributed by atoms with Gasteiger partial charge in [-0.25, -0.2) is 4.68 Å². The van der Waals surface area contributed by atoms with Crippen LogP contribution >= 0.6 is 11.3 Å². The highest BCUT2D eigenvalue weighted by Crippen LogP contribution is 2.38. The van der Waals surface area contributed by atoms with Gasteiger partial charge in [0.2, 0.25) is 5.95 Å². The van der Waals surface area contributed by atoms with E-state index in [-0.39, 0.29) is 12.1 Å². The third kappa shape index (κ3) is 1.89. The highest BCUT2D eigenvalue weighted by atomic mass is 32.1. The number of rotatable bonds is 2. The van der Waals surface area contributed by atoms with E-state index >= 15 is 0 Å². The van der Waals surface area contributed by atoms with Gasteiger partial charge in [0.05, 0.1) is 12.1 Å². The molecule has 20 heavy (non-hydrogen) atoms. The smallest absolute Gasteiger partial charge is 0.244 e. The van der Waals surface area contributed by atoms with E-state index < -0.39 is 0 Å². The van der Waals surface area contributed by atoms with Gasteiger partial charge in [-0.2, -0.15) is 0 Å². The second-order valence-corrected chi connectivity index (χ2v) is 5.80. The first kappa shape index (κ1) is 11.6. The third-order valence-electron chi connectivity index (χ3n) is 3.62. The van der Waals surface area contributed by atoms with Crippen LogP contribution in [0.15, 0.2) is 47.8 Å². The van der Waals surface area contributed by atoms with Crippen molar-refractivity contribution in [3.05, 3.63) is 58.3 Å². The minimum absolute atomic E-state index is 0.176. The van der Waals surface area contributed by atoms with Crippen molar-refractivity contribution in [1.82, 2.24) is 20.2 Å². The summed E-state index contributed by atoms with van der Waals surface area (Å²) in [4.78, 5) is 1.32. The lowest BCUT2D eigenvalue weighted by Gasteiger charge is -2.30. The summed E-state index contributed by atoms with van der Waals surface area (Å²) in [6.07, 6.45) is 0.947. The Balaban J connectivity index is 1.75. The summed E-state index contributed by atoms with van der Waals surface area (Å²) in [7, 11) is 0. The summed E-state index contributed by atoms with van der Waals surface area (Å²) in [5, 5.41) is 17.5. The Morgan fingerprint density at radius 3 is 2.85 bits per heavy atom. The van der Waals surface area contributed by atoms with Crippen molar-refractivity contribution >= 4 is 17.3 Å². The molecule has 4 rings (SSSR count). The Morgan fingerprint density at radius 1 is 1.15 bits per heavy atom. The minimum atomic E-state index is 0.176. The molecular formula is C14H13N5S. The maximum Gasteiger partial charge on any atom is 0.244 e. The number of benzene rings is 1. The van der Waals surface area contributed by atoms with Crippen LogP contribution in [0, 0.1) is 0 Å². The van der Waals surface area contributed by atoms with Crippen molar-refractivity contribution in [1.29, 1.82) is 0 Å². The fraction of sp³-hybridized carbons (Fsp3) is 0.214. The molecule has 5 nitrogen and oxygen atoms in total. The Bertz CT molecular complexity index is 691. The van der Waals surface area contributed by atoms with Crippen molar-refractivity contribution < 1.29 is 0 Å². The summed E-state index contributed by atoms with van der Waals surface area (Å²) < 4.78 is 1.87. The second-order valence-electron chi connectivity index (χ2n) is 4.82. The van der Waals surface area contributed by atoms with Gasteiger partial charge < -0.3 is 5.32 Å². The van der Waals surface area contributed by atoms with Crippen LogP contribution in [-0.2, 0) is 0 Å². The molecule has 1 aliphatic rings. The van der Waals surface area contributed by atoms with Gasteiger partial charge in [-0.05, 0) is 33.9 Å². The fourth-order valence-corrected chi connectivity index (χ4v) is 3.46. The zero-order chi connectivity index (χ0) is 13.4. The fourth-order valence-electron chi connectivity index (χ4n) is 2.67. The summed E-state index contributed by atoms with van der Waals surface area (Å²) in [6, 6.07) is 15.1. The largest absolute Gasteiger partial charge is 0.345 e. The number of hydrogen-bond donors (Lipinski definition) is 1. The van der Waals surface area contributed by atoms with Crippen LogP contribution in [0.2, 0.25) is 0 Å². The number of aromatic nitrogens is 4. The molecule has 0 saturated carbocycles. The summed E-state index contributed by atoms with van der Waals surface area (Å²) in [5.41, 5.74) is 1.24. The lowest BCUT2D eigenvalue weighted by Crippen LogP contribution is -2.27. The number of hydrogen-bond acceptors (Lipinski definition) is 5. The average Bonchev–Trinajstić information content (AvgIpc) is 3.18. The first-order chi connectivity index (χ1) is 9.92. The van der Waals surface area contributed by atoms with Crippen molar-refractivity contribution in [2.45, 2.75) is 18.5 Å². The van der Waals surface area contributed by atoms with E-state index in [1.54, 1.807) is 11.3 Å². The van der Waals surface area contributed by atoms with E-state index in [1.807, 2.05) is 10.7 Å². The number of fused-ring (bicyclic) bond motifs is 1. The minimum Gasteiger partial charge on any atom is -0.345 e. The maximum absolute atomic E-state index is 4.13. The predicted molar refractivity (Wildman–Crippen MR) is 77.7 cm³/mol. The molecule has 0 radical (unpaired) electrons. The average molecular weight is 283 g/mol. The van der Waals surface area contributed by atoms with Crippen LogP contribution in [0.3, 0.4) is 0 Å². The molecule has 2 aromatic heterocycles. The molecule has 6 heteroatoms. The molecule has 0 unspecified atom stereocenters. The molecule has 1 N–H and O–H groups in total. The number of thiophene rings is 1. The summed E-state index contributed by atoms with van der Waals surface area (Å²) >= 11 is 1.76. The molecular weight excluding hydrogens is 270 g/mol. The quantitative estimate of drug-likeness (QED) is 0.785. The molecule has 3 heterocycles. The maximum atomic E-state index is 4.13. The van der Waals surface area contributed by atoms with Gasteiger partial charge in [-0.3, -0.25) is 0 Å². The molecule has 0 saturated heterocycles. The SMILES string of the molecule is c1ccc([C@@H]2C[C@@H](c3cccs3)Nc3nnnn32)cc1. The van der Waals surface area contributed by atoms with Crippen LogP contribution in [0.25, 0.3) is 0 Å². The Hall–Kier alpha value is -2.21. The normalized spacial score (nSPS) is 21.2. The van der Waals surface area contributed by atoms with Crippen LogP contribution in [0.5, 0.6) is 0 Å². The molecule has 0 bridgehead atoms. The zero-order valence-corrected chi connectivity index (χ0v) is 11.5. The van der Waals surface area contributed by atoms with Gasteiger partial charge >= 0.3 is 0 Å². The van der Waals surface area contributed by atoms with Gasteiger partial charge in [-0.1, -0.05) is 41.5 Å². The van der Waals surface area contributed by atoms with Crippen LogP contribution in [0.4, 0.5) is 5.95 Å². The first-order valence-electron chi connectivity index (χ1n) is 6.54. The highest BCUT2D eigenvalue weighted by molar-refractivity contribution is 7.10. The third-order valence-corrected chi connectivity index (χ3v) is 4.61. The van der Waals surface area contributed by atoms with E-state index in [9.17, 15) is 0 Å². The van der Waals surface area contributed by atoms with E-state index in [0.717, 1.165) is 12.4 Å². The molecule has 0 fully saturated rings. The van der Waals surface area contributed by atoms with E-state index in [4.69, 9.17) is 0 Å². The van der Waals surface area contributed by atoms with Crippen molar-refractivity contribution in [2.24, 2.45) is 0 Å². The highest BCUT2D eigenvalue weighted by Gasteiger charge is 2.30. The zero-order valence-electron chi connectivity index (χ0n) is 10.7. The van der Waals surface area contributed by atoms with E-state index in [1.165, 1.54) is 10.4 Å². The lowest BCUT2D eigenvalue weighted by atomic mass is 9.97. The predicted octanol–water partition coefficient (Wildman–Crippen LogP) is 2.88. The second kappa shape index (κ2) is 4.72. The van der Waals surface area contributed by atoms with Crippen molar-refractivity contribution in [3.8, 4) is 0 Å². The molecule has 1 aromatic carbocycles. The van der Waals surface area contributed by atoms with Crippen molar-refractivity contribution in [3.63, 3.8) is 0 Å². The molecule has 0 aliphatic carbocycles. The molecule has 2 atom stereocenters. The van der Waals surface area contributed by atoms with Crippen LogP contribution < -0.4 is 5.32 Å². The summed E-state index contributed by atoms with van der Waals surface area (Å²) in [5.74, 6) is 0.739. The van der Waals surface area contributed by atoms with Gasteiger partial charge in [0.1, 0.15) is 0 Å². The lowest BCUT2D eigenvalue weighted by molar-refractivity contribution is 0.426. The van der Waals surface area contributed by atoms with Crippen LogP contribution in [0.1, 0.15) is 28.9 Å². The topological polar surface area (TPSA) is 55.6 Å². The number of nitrogens with one attached hydrogen (secondary N) is 1. The van der Waals surface area contributed by atoms with Crippen LogP contribution in [-0.4, -0.2) is 20.2 Å². The van der Waals surface area contributed by atoms with Gasteiger partial charge in [0.15, 0.2) is 0 Å². The van der Waals surface area contributed by atoms with Gasteiger partial charge in [-0.15, -0.1) is 11.3 Å². The first-order valence-corrected chi connectivity index (χ1v) is 7.42. The molecule has 3 aromatic rings. The molecule has 1 aliphatic heterocycles. The van der Waals surface area contributed by atoms with E-state index in [0.29, 0.717) is 0 Å². The molecule has 0 spiro atoms. The van der Waals surface area contributed by atoms with Gasteiger partial charge in [0.25, 0.3) is 0 Å². The van der Waals surface area contributed by atoms with Gasteiger partial charge in [0, 0.05) is 4.88 Å². The monoisotopic (exact) mass is 283 g/mol.